The predicted octanol–water partition coefficient (Wildman–Crippen LogP) is 5.34. The number of aromatic nitrogens is 1. The van der Waals surface area contributed by atoms with Gasteiger partial charge < -0.3 is 19.4 Å². The van der Waals surface area contributed by atoms with Crippen LogP contribution in [0.5, 0.6) is 11.5 Å². The van der Waals surface area contributed by atoms with Gasteiger partial charge in [-0.2, -0.15) is 17.8 Å². The first-order chi connectivity index (χ1) is 23.6. The molecule has 50 heavy (non-hydrogen) atoms. The van der Waals surface area contributed by atoms with Crippen molar-refractivity contribution in [3.63, 3.8) is 0 Å². The Hall–Kier alpha value is -3.28. The molecule has 2 fully saturated rings. The van der Waals surface area contributed by atoms with Gasteiger partial charge in [-0.1, -0.05) is 35.3 Å². The minimum atomic E-state index is -4.41. The fourth-order valence-electron chi connectivity index (χ4n) is 5.45. The number of carbonyl (C=O) groups is 1. The average molecular weight is 779 g/mol. The SMILES string of the molecule is CN(C)S(=O)(=O)c1cccc(S(=O)(=O)N2CCCC[C@H]2C(=O)O[C@@H](Cc2c(Cl)c[n+]([O-])cc2Cl)c2ccc(OC(F)F)c(OCC3CC3)c2)c1. The van der Waals surface area contributed by atoms with Crippen LogP contribution in [0.4, 0.5) is 8.78 Å². The maximum Gasteiger partial charge on any atom is 0.387 e. The van der Waals surface area contributed by atoms with Crippen molar-refractivity contribution >= 4 is 49.2 Å². The third-order valence-electron chi connectivity index (χ3n) is 8.35. The van der Waals surface area contributed by atoms with Gasteiger partial charge in [0.1, 0.15) is 22.2 Å². The van der Waals surface area contributed by atoms with E-state index in [1.54, 1.807) is 0 Å². The zero-order valence-corrected chi connectivity index (χ0v) is 30.2. The Morgan fingerprint density at radius 3 is 2.32 bits per heavy atom. The highest BCUT2D eigenvalue weighted by Gasteiger charge is 2.40. The van der Waals surface area contributed by atoms with Crippen LogP contribution in [0, 0.1) is 11.1 Å². The number of hydrogen-bond donors (Lipinski definition) is 0. The number of rotatable bonds is 14. The molecule has 1 aromatic heterocycles. The molecular weight excluding hydrogens is 743 g/mol. The second kappa shape index (κ2) is 15.5. The van der Waals surface area contributed by atoms with Crippen LogP contribution >= 0.6 is 23.2 Å². The largest absolute Gasteiger partial charge is 0.619 e. The molecule has 272 valence electrons. The summed E-state index contributed by atoms with van der Waals surface area (Å²) >= 11 is 12.7. The first kappa shape index (κ1) is 38.0. The number of pyridine rings is 1. The van der Waals surface area contributed by atoms with E-state index < -0.39 is 44.8 Å². The van der Waals surface area contributed by atoms with Gasteiger partial charge in [0.2, 0.25) is 20.0 Å². The molecule has 1 aliphatic carbocycles. The Bertz CT molecular complexity index is 1930. The lowest BCUT2D eigenvalue weighted by molar-refractivity contribution is -0.605. The number of sulfonamides is 2. The Morgan fingerprint density at radius 1 is 1.00 bits per heavy atom. The first-order valence-electron chi connectivity index (χ1n) is 15.6. The quantitative estimate of drug-likeness (QED) is 0.120. The van der Waals surface area contributed by atoms with E-state index in [2.05, 4.69) is 4.74 Å². The van der Waals surface area contributed by atoms with Crippen molar-refractivity contribution in [2.75, 3.05) is 27.2 Å². The molecule has 0 unspecified atom stereocenters. The number of benzene rings is 2. The second-order valence-corrected chi connectivity index (χ2v) is 17.0. The van der Waals surface area contributed by atoms with Gasteiger partial charge in [0.25, 0.3) is 0 Å². The number of nitrogens with zero attached hydrogens (tertiary/aromatic N) is 3. The molecule has 2 aromatic carbocycles. The third kappa shape index (κ3) is 8.77. The van der Waals surface area contributed by atoms with E-state index >= 15 is 0 Å². The number of halogens is 4. The smallest absolute Gasteiger partial charge is 0.387 e. The molecule has 5 rings (SSSR count). The van der Waals surface area contributed by atoms with Crippen LogP contribution in [0.3, 0.4) is 0 Å². The van der Waals surface area contributed by atoms with Crippen molar-refractivity contribution in [3.8, 4) is 11.5 Å². The second-order valence-electron chi connectivity index (χ2n) is 12.2. The molecule has 2 atom stereocenters. The van der Waals surface area contributed by atoms with Gasteiger partial charge in [-0.05, 0) is 73.9 Å². The van der Waals surface area contributed by atoms with Gasteiger partial charge in [-0.15, -0.1) is 0 Å². The molecule has 0 spiro atoms. The van der Waals surface area contributed by atoms with E-state index in [4.69, 9.17) is 32.7 Å². The number of esters is 1. The van der Waals surface area contributed by atoms with Crippen LogP contribution in [0.25, 0.3) is 0 Å². The zero-order valence-electron chi connectivity index (χ0n) is 27.0. The summed E-state index contributed by atoms with van der Waals surface area (Å²) in [6.45, 7) is -2.93. The minimum absolute atomic E-state index is 0.0205. The molecule has 2 heterocycles. The summed E-state index contributed by atoms with van der Waals surface area (Å²) in [4.78, 5) is 13.5. The number of carbonyl (C=O) groups excluding carboxylic acids is 1. The van der Waals surface area contributed by atoms with Crippen LogP contribution in [-0.2, 0) is 36.0 Å². The van der Waals surface area contributed by atoms with Crippen molar-refractivity contribution < 1.29 is 49.4 Å². The highest BCUT2D eigenvalue weighted by Crippen LogP contribution is 2.38. The van der Waals surface area contributed by atoms with E-state index in [9.17, 15) is 35.6 Å². The fourth-order valence-corrected chi connectivity index (χ4v) is 8.76. The van der Waals surface area contributed by atoms with E-state index in [0.29, 0.717) is 17.6 Å². The van der Waals surface area contributed by atoms with Crippen LogP contribution in [0.2, 0.25) is 10.0 Å². The monoisotopic (exact) mass is 777 g/mol. The normalized spacial score (nSPS) is 17.9. The van der Waals surface area contributed by atoms with Crippen molar-refractivity contribution in [2.24, 2.45) is 5.92 Å². The van der Waals surface area contributed by atoms with Crippen LogP contribution in [0.15, 0.2) is 64.6 Å². The highest BCUT2D eigenvalue weighted by atomic mass is 35.5. The van der Waals surface area contributed by atoms with Crippen molar-refractivity contribution in [1.29, 1.82) is 0 Å². The van der Waals surface area contributed by atoms with Gasteiger partial charge in [0.05, 0.1) is 16.4 Å². The molecule has 0 N–H and O–H groups in total. The average Bonchev–Trinajstić information content (AvgIpc) is 3.90. The van der Waals surface area contributed by atoms with E-state index in [1.165, 1.54) is 50.5 Å². The summed E-state index contributed by atoms with van der Waals surface area (Å²) in [7, 11) is -5.75. The lowest BCUT2D eigenvalue weighted by atomic mass is 10.0. The molecule has 1 saturated carbocycles. The predicted molar refractivity (Wildman–Crippen MR) is 178 cm³/mol. The Labute approximate surface area is 299 Å². The van der Waals surface area contributed by atoms with E-state index in [-0.39, 0.29) is 74.4 Å². The van der Waals surface area contributed by atoms with Crippen molar-refractivity contribution in [3.05, 3.63) is 81.2 Å². The first-order valence-corrected chi connectivity index (χ1v) is 19.2. The highest BCUT2D eigenvalue weighted by molar-refractivity contribution is 7.90. The van der Waals surface area contributed by atoms with E-state index in [0.717, 1.165) is 39.9 Å². The standard InChI is InChI=1S/C32H35Cl2F2N3O9S2/c1-37(2)49(42,43)22-6-5-7-23(15-22)50(44,45)39-13-4-3-8-27(39)31(40)47-29(16-24-25(33)17-38(41)18-26(24)34)21-11-12-28(48-32(35)36)30(14-21)46-19-20-9-10-20/h5-7,11-12,14-15,17-18,20,27,29,32H,3-4,8-10,13,16,19H2,1-2H3/t27-,29-/m0/s1. The number of ether oxygens (including phenoxy) is 3. The molecule has 0 bridgehead atoms. The maximum absolute atomic E-state index is 14.0. The molecule has 18 heteroatoms. The Balaban J connectivity index is 1.50. The van der Waals surface area contributed by atoms with E-state index in [1.807, 2.05) is 0 Å². The zero-order chi connectivity index (χ0) is 36.4. The van der Waals surface area contributed by atoms with Crippen molar-refractivity contribution in [1.82, 2.24) is 8.61 Å². The summed E-state index contributed by atoms with van der Waals surface area (Å²) in [5, 5.41) is 11.9. The molecule has 12 nitrogen and oxygen atoms in total. The number of hydrogen-bond acceptors (Lipinski definition) is 9. The Kier molecular flexibility index (Phi) is 11.8. The van der Waals surface area contributed by atoms with Crippen LogP contribution < -0.4 is 14.2 Å². The van der Waals surface area contributed by atoms with Gasteiger partial charge in [-0.3, -0.25) is 4.79 Å². The summed E-state index contributed by atoms with van der Waals surface area (Å²) in [6, 6.07) is 7.59. The molecule has 3 aromatic rings. The molecule has 0 radical (unpaired) electrons. The maximum atomic E-state index is 14.0. The fraction of sp³-hybridized carbons (Fsp3) is 0.438. The van der Waals surface area contributed by atoms with Crippen LogP contribution in [-0.4, -0.2) is 71.3 Å². The number of piperidine rings is 1. The van der Waals surface area contributed by atoms with Gasteiger partial charge >= 0.3 is 12.6 Å². The van der Waals surface area contributed by atoms with Gasteiger partial charge in [0.15, 0.2) is 23.9 Å². The molecular formula is C32H35Cl2F2N3O9S2. The molecule has 2 aliphatic rings. The topological polar surface area (TPSA) is 146 Å². The van der Waals surface area contributed by atoms with Crippen LogP contribution in [0.1, 0.15) is 49.3 Å². The molecule has 1 aliphatic heterocycles. The number of alkyl halides is 2. The Morgan fingerprint density at radius 2 is 1.68 bits per heavy atom. The summed E-state index contributed by atoms with van der Waals surface area (Å²) in [5.41, 5.74) is 0.502. The summed E-state index contributed by atoms with van der Waals surface area (Å²) in [6.07, 6.45) is 3.58. The lowest BCUT2D eigenvalue weighted by Crippen LogP contribution is -2.48. The minimum Gasteiger partial charge on any atom is -0.619 e. The third-order valence-corrected chi connectivity index (χ3v) is 12.7. The van der Waals surface area contributed by atoms with Crippen molar-refractivity contribution in [2.45, 2.75) is 67.1 Å². The molecule has 0 amide bonds. The lowest BCUT2D eigenvalue weighted by Gasteiger charge is -2.34. The summed E-state index contributed by atoms with van der Waals surface area (Å²) < 4.78 is 98.8. The molecule has 1 saturated heterocycles. The van der Waals surface area contributed by atoms with Gasteiger partial charge in [0, 0.05) is 32.6 Å². The summed E-state index contributed by atoms with van der Waals surface area (Å²) in [5.74, 6) is -0.922. The van der Waals surface area contributed by atoms with Gasteiger partial charge in [-0.25, -0.2) is 21.1 Å².